The molecule has 0 spiro atoms. The Hall–Kier alpha value is -1.26. The molecule has 0 aromatic carbocycles. The lowest BCUT2D eigenvalue weighted by atomic mass is 9.69. The lowest BCUT2D eigenvalue weighted by Gasteiger charge is -2.39. The summed E-state index contributed by atoms with van der Waals surface area (Å²) < 4.78 is 4.43. The van der Waals surface area contributed by atoms with Crippen LogP contribution in [0.4, 0.5) is 4.79 Å². The third kappa shape index (κ3) is 4.11. The average molecular weight is 268 g/mol. The number of nitrogens with one attached hydrogen (secondary N) is 2. The summed E-state index contributed by atoms with van der Waals surface area (Å²) in [4.78, 5) is 22.6. The third-order valence-corrected chi connectivity index (χ3v) is 4.48. The summed E-state index contributed by atoms with van der Waals surface area (Å²) in [6.45, 7) is -0.00271. The summed E-state index contributed by atoms with van der Waals surface area (Å²) in [5.41, 5.74) is 0. The molecule has 2 aliphatic carbocycles. The average Bonchev–Trinajstić information content (AvgIpc) is 2.44. The number of carbonyl (C=O) groups excluding carboxylic acids is 2. The van der Waals surface area contributed by atoms with Crippen LogP contribution in [0.1, 0.15) is 44.9 Å². The summed E-state index contributed by atoms with van der Waals surface area (Å²) in [6.07, 6.45) is 8.26. The Bertz CT molecular complexity index is 333. The van der Waals surface area contributed by atoms with E-state index in [0.29, 0.717) is 0 Å². The second-order valence-corrected chi connectivity index (χ2v) is 5.73. The Kier molecular flexibility index (Phi) is 5.05. The van der Waals surface area contributed by atoms with E-state index in [0.717, 1.165) is 24.7 Å². The first-order chi connectivity index (χ1) is 9.19. The van der Waals surface area contributed by atoms with Gasteiger partial charge in [-0.15, -0.1) is 0 Å². The molecule has 2 N–H and O–H groups in total. The van der Waals surface area contributed by atoms with Crippen molar-refractivity contribution in [2.24, 2.45) is 11.8 Å². The van der Waals surface area contributed by atoms with Gasteiger partial charge in [0.1, 0.15) is 6.54 Å². The predicted molar refractivity (Wildman–Crippen MR) is 71.6 cm³/mol. The van der Waals surface area contributed by atoms with Crippen molar-refractivity contribution in [2.75, 3.05) is 13.7 Å². The highest BCUT2D eigenvalue weighted by Crippen LogP contribution is 2.40. The van der Waals surface area contributed by atoms with Crippen molar-refractivity contribution in [3.63, 3.8) is 0 Å². The van der Waals surface area contributed by atoms with E-state index >= 15 is 0 Å². The van der Waals surface area contributed by atoms with Gasteiger partial charge in [0.05, 0.1) is 7.11 Å². The van der Waals surface area contributed by atoms with E-state index in [1.807, 2.05) is 0 Å². The van der Waals surface area contributed by atoms with Crippen molar-refractivity contribution < 1.29 is 14.3 Å². The molecule has 0 heterocycles. The topological polar surface area (TPSA) is 67.4 Å². The Morgan fingerprint density at radius 1 is 1.11 bits per heavy atom. The van der Waals surface area contributed by atoms with Gasteiger partial charge in [-0.2, -0.15) is 0 Å². The molecule has 19 heavy (non-hydrogen) atoms. The normalized spacial score (nSPS) is 30.1. The molecule has 2 saturated carbocycles. The highest BCUT2D eigenvalue weighted by molar-refractivity contribution is 5.82. The number of methoxy groups -OCH3 is 1. The van der Waals surface area contributed by atoms with E-state index < -0.39 is 6.09 Å². The molecule has 2 aliphatic rings. The van der Waals surface area contributed by atoms with Gasteiger partial charge in [-0.1, -0.05) is 25.7 Å². The van der Waals surface area contributed by atoms with Gasteiger partial charge in [0.2, 0.25) is 5.91 Å². The van der Waals surface area contributed by atoms with Crippen molar-refractivity contribution in [1.29, 1.82) is 0 Å². The fourth-order valence-electron chi connectivity index (χ4n) is 3.51. The largest absolute Gasteiger partial charge is 0.453 e. The van der Waals surface area contributed by atoms with Crippen molar-refractivity contribution >= 4 is 12.0 Å². The molecule has 0 saturated heterocycles. The second-order valence-electron chi connectivity index (χ2n) is 5.73. The monoisotopic (exact) mass is 268 g/mol. The number of rotatable bonds is 3. The first-order valence-electron chi connectivity index (χ1n) is 7.30. The van der Waals surface area contributed by atoms with E-state index in [9.17, 15) is 9.59 Å². The first kappa shape index (κ1) is 14.2. The minimum Gasteiger partial charge on any atom is -0.453 e. The predicted octanol–water partition coefficient (Wildman–Crippen LogP) is 1.82. The molecule has 5 heteroatoms. The first-order valence-corrected chi connectivity index (χ1v) is 7.30. The molecule has 2 amide bonds. The summed E-state index contributed by atoms with van der Waals surface area (Å²) in [7, 11) is 1.29. The molecule has 0 aliphatic heterocycles. The number of hydrogen-bond donors (Lipinski definition) is 2. The molecule has 0 radical (unpaired) electrons. The highest BCUT2D eigenvalue weighted by atomic mass is 16.5. The SMILES string of the molecule is COC(=O)NCC(=O)NC1CCC2CCCCC2C1. The van der Waals surface area contributed by atoms with Gasteiger partial charge in [-0.25, -0.2) is 4.79 Å². The van der Waals surface area contributed by atoms with Crippen LogP contribution in [0.3, 0.4) is 0 Å². The van der Waals surface area contributed by atoms with Crippen LogP contribution in [0, 0.1) is 11.8 Å². The number of alkyl carbamates (subject to hydrolysis) is 1. The van der Waals surface area contributed by atoms with E-state index in [2.05, 4.69) is 15.4 Å². The summed E-state index contributed by atoms with van der Waals surface area (Å²) in [6, 6.07) is 0.284. The highest BCUT2D eigenvalue weighted by Gasteiger charge is 2.32. The van der Waals surface area contributed by atoms with Crippen LogP contribution >= 0.6 is 0 Å². The van der Waals surface area contributed by atoms with E-state index in [4.69, 9.17) is 0 Å². The van der Waals surface area contributed by atoms with Crippen LogP contribution in [0.2, 0.25) is 0 Å². The van der Waals surface area contributed by atoms with Gasteiger partial charge in [0, 0.05) is 6.04 Å². The summed E-state index contributed by atoms with van der Waals surface area (Å²) in [5, 5.41) is 5.43. The number of fused-ring (bicyclic) bond motifs is 1. The lowest BCUT2D eigenvalue weighted by Crippen LogP contribution is -2.45. The number of amides is 2. The molecule has 3 unspecified atom stereocenters. The molecule has 0 aromatic heterocycles. The summed E-state index contributed by atoms with van der Waals surface area (Å²) in [5.74, 6) is 1.56. The number of ether oxygens (including phenoxy) is 1. The van der Waals surface area contributed by atoms with Gasteiger partial charge in [-0.3, -0.25) is 4.79 Å². The van der Waals surface area contributed by atoms with Crippen molar-refractivity contribution in [3.8, 4) is 0 Å². The Balaban J connectivity index is 1.71. The van der Waals surface area contributed by atoms with Crippen molar-refractivity contribution in [2.45, 2.75) is 51.0 Å². The van der Waals surface area contributed by atoms with Crippen LogP contribution < -0.4 is 10.6 Å². The molecule has 108 valence electrons. The Morgan fingerprint density at radius 3 is 2.58 bits per heavy atom. The van der Waals surface area contributed by atoms with Gasteiger partial charge in [-0.05, 0) is 31.1 Å². The standard InChI is InChI=1S/C14H24N2O3/c1-19-14(18)15-9-13(17)16-12-7-6-10-4-2-3-5-11(10)8-12/h10-12H,2-9H2,1H3,(H,15,18)(H,16,17). The minimum atomic E-state index is -0.564. The van der Waals surface area contributed by atoms with Crippen LogP contribution in [0.15, 0.2) is 0 Å². The maximum atomic E-state index is 11.7. The quantitative estimate of drug-likeness (QED) is 0.820. The molecule has 0 bridgehead atoms. The van der Waals surface area contributed by atoms with Gasteiger partial charge < -0.3 is 15.4 Å². The zero-order chi connectivity index (χ0) is 13.7. The molecule has 5 nitrogen and oxygen atoms in total. The fourth-order valence-corrected chi connectivity index (χ4v) is 3.51. The molecule has 3 atom stereocenters. The molecule has 0 aromatic rings. The fraction of sp³-hybridized carbons (Fsp3) is 0.857. The molecule has 2 rings (SSSR count). The smallest absolute Gasteiger partial charge is 0.407 e. The van der Waals surface area contributed by atoms with Gasteiger partial charge in [0.25, 0.3) is 0 Å². The number of carbonyl (C=O) groups is 2. The Morgan fingerprint density at radius 2 is 1.84 bits per heavy atom. The maximum Gasteiger partial charge on any atom is 0.407 e. The zero-order valence-corrected chi connectivity index (χ0v) is 11.6. The van der Waals surface area contributed by atoms with Crippen molar-refractivity contribution in [1.82, 2.24) is 10.6 Å². The van der Waals surface area contributed by atoms with Crippen molar-refractivity contribution in [3.05, 3.63) is 0 Å². The van der Waals surface area contributed by atoms with Crippen LogP contribution in [-0.2, 0) is 9.53 Å². The van der Waals surface area contributed by atoms with Gasteiger partial charge in [0.15, 0.2) is 0 Å². The minimum absolute atomic E-state index is 0.00271. The zero-order valence-electron chi connectivity index (χ0n) is 11.6. The molecular formula is C14H24N2O3. The number of hydrogen-bond acceptors (Lipinski definition) is 3. The van der Waals surface area contributed by atoms with Gasteiger partial charge >= 0.3 is 6.09 Å². The van der Waals surface area contributed by atoms with E-state index in [1.165, 1.54) is 39.2 Å². The third-order valence-electron chi connectivity index (χ3n) is 4.48. The second kappa shape index (κ2) is 6.78. The maximum absolute atomic E-state index is 11.7. The Labute approximate surface area is 114 Å². The van der Waals surface area contributed by atoms with Crippen LogP contribution in [0.25, 0.3) is 0 Å². The van der Waals surface area contributed by atoms with E-state index in [-0.39, 0.29) is 18.5 Å². The van der Waals surface area contributed by atoms with Crippen LogP contribution in [0.5, 0.6) is 0 Å². The lowest BCUT2D eigenvalue weighted by molar-refractivity contribution is -0.121. The van der Waals surface area contributed by atoms with Crippen LogP contribution in [-0.4, -0.2) is 31.7 Å². The van der Waals surface area contributed by atoms with E-state index in [1.54, 1.807) is 0 Å². The summed E-state index contributed by atoms with van der Waals surface area (Å²) >= 11 is 0. The molecular weight excluding hydrogens is 244 g/mol. The molecule has 2 fully saturated rings.